The van der Waals surface area contributed by atoms with Crippen LogP contribution in [0.3, 0.4) is 0 Å². The number of likely N-dealkylation sites (N-methyl/N-ethyl adjacent to an activating group) is 1. The highest BCUT2D eigenvalue weighted by Crippen LogP contribution is 2.26. The van der Waals surface area contributed by atoms with E-state index < -0.39 is 0 Å². The van der Waals surface area contributed by atoms with E-state index in [-0.39, 0.29) is 0 Å². The van der Waals surface area contributed by atoms with Crippen LogP contribution >= 0.6 is 11.3 Å². The molecule has 1 saturated heterocycles. The topological polar surface area (TPSA) is 28.2 Å². The molecule has 0 amide bonds. The van der Waals surface area contributed by atoms with Gasteiger partial charge in [0.25, 0.3) is 0 Å². The van der Waals surface area contributed by atoms with Gasteiger partial charge in [-0.1, -0.05) is 23.5 Å². The minimum absolute atomic E-state index is 0.561. The number of thiazole rings is 1. The molecule has 1 fully saturated rings. The van der Waals surface area contributed by atoms with E-state index in [4.69, 9.17) is 0 Å². The molecule has 0 aliphatic carbocycles. The molecule has 0 saturated carbocycles. The Kier molecular flexibility index (Phi) is 2.53. The van der Waals surface area contributed by atoms with Gasteiger partial charge in [-0.25, -0.2) is 4.98 Å². The van der Waals surface area contributed by atoms with Crippen LogP contribution in [0.15, 0.2) is 24.3 Å². The minimum Gasteiger partial charge on any atom is -0.357 e. The normalized spacial score (nSPS) is 21.7. The second-order valence-electron chi connectivity index (χ2n) is 4.38. The van der Waals surface area contributed by atoms with E-state index in [1.165, 1.54) is 17.7 Å². The third kappa shape index (κ3) is 1.90. The Morgan fingerprint density at radius 1 is 1.44 bits per heavy atom. The van der Waals surface area contributed by atoms with Crippen LogP contribution in [0, 0.1) is 0 Å². The molecule has 16 heavy (non-hydrogen) atoms. The number of nitrogens with zero attached hydrogens (tertiary/aromatic N) is 2. The predicted molar refractivity (Wildman–Crippen MR) is 69.1 cm³/mol. The zero-order valence-corrected chi connectivity index (χ0v) is 10.1. The van der Waals surface area contributed by atoms with Gasteiger partial charge >= 0.3 is 0 Å². The van der Waals surface area contributed by atoms with Gasteiger partial charge in [-0.3, -0.25) is 0 Å². The molecule has 3 nitrogen and oxygen atoms in total. The average Bonchev–Trinajstić information content (AvgIpc) is 2.84. The monoisotopic (exact) mass is 233 g/mol. The third-order valence-electron chi connectivity index (χ3n) is 3.01. The fourth-order valence-electron chi connectivity index (χ4n) is 2.16. The Labute approximate surface area is 99.1 Å². The average molecular weight is 233 g/mol. The van der Waals surface area contributed by atoms with E-state index >= 15 is 0 Å². The summed E-state index contributed by atoms with van der Waals surface area (Å²) in [5, 5.41) is 4.58. The fraction of sp³-hybridized carbons (Fsp3) is 0.417. The summed E-state index contributed by atoms with van der Waals surface area (Å²) in [7, 11) is 2.17. The SMILES string of the molecule is CN1CCC(Nc2nc3ccccc3s2)C1. The molecule has 3 rings (SSSR count). The second kappa shape index (κ2) is 4.03. The third-order valence-corrected chi connectivity index (χ3v) is 3.98. The zero-order valence-electron chi connectivity index (χ0n) is 9.31. The zero-order chi connectivity index (χ0) is 11.0. The van der Waals surface area contributed by atoms with Crippen LogP contribution in [0.2, 0.25) is 0 Å². The van der Waals surface area contributed by atoms with Gasteiger partial charge in [0, 0.05) is 12.6 Å². The first-order valence-electron chi connectivity index (χ1n) is 5.62. The van der Waals surface area contributed by atoms with Crippen molar-refractivity contribution in [3.05, 3.63) is 24.3 Å². The minimum atomic E-state index is 0.561. The first kappa shape index (κ1) is 10.1. The number of rotatable bonds is 2. The number of aromatic nitrogens is 1. The molecule has 0 spiro atoms. The molecule has 0 bridgehead atoms. The van der Waals surface area contributed by atoms with Gasteiger partial charge in [0.05, 0.1) is 10.2 Å². The van der Waals surface area contributed by atoms with Gasteiger partial charge in [0.2, 0.25) is 0 Å². The molecule has 1 N–H and O–H groups in total. The van der Waals surface area contributed by atoms with Gasteiger partial charge < -0.3 is 10.2 Å². The highest BCUT2D eigenvalue weighted by molar-refractivity contribution is 7.22. The molecule has 2 aromatic rings. The number of nitrogens with one attached hydrogen (secondary N) is 1. The van der Waals surface area contributed by atoms with Crippen molar-refractivity contribution in [1.29, 1.82) is 0 Å². The lowest BCUT2D eigenvalue weighted by Crippen LogP contribution is -2.23. The standard InChI is InChI=1S/C12H15N3S/c1-15-7-6-9(8-15)13-12-14-10-4-2-3-5-11(10)16-12/h2-5,9H,6-8H2,1H3,(H,13,14). The first-order valence-corrected chi connectivity index (χ1v) is 6.43. The lowest BCUT2D eigenvalue weighted by Gasteiger charge is -2.10. The van der Waals surface area contributed by atoms with Crippen molar-refractivity contribution in [2.75, 3.05) is 25.5 Å². The van der Waals surface area contributed by atoms with Crippen molar-refractivity contribution in [1.82, 2.24) is 9.88 Å². The Balaban J connectivity index is 1.79. The van der Waals surface area contributed by atoms with E-state index in [9.17, 15) is 0 Å². The summed E-state index contributed by atoms with van der Waals surface area (Å²) in [5.74, 6) is 0. The largest absolute Gasteiger partial charge is 0.357 e. The van der Waals surface area contributed by atoms with Crippen molar-refractivity contribution in [3.8, 4) is 0 Å². The molecule has 1 aromatic heterocycles. The van der Waals surface area contributed by atoms with E-state index in [0.717, 1.165) is 17.2 Å². The number of benzene rings is 1. The summed E-state index contributed by atoms with van der Waals surface area (Å²) in [6, 6.07) is 8.85. The lowest BCUT2D eigenvalue weighted by atomic mass is 10.3. The molecule has 1 aliphatic rings. The maximum atomic E-state index is 4.59. The van der Waals surface area contributed by atoms with Gasteiger partial charge in [-0.05, 0) is 32.1 Å². The lowest BCUT2D eigenvalue weighted by molar-refractivity contribution is 0.414. The van der Waals surface area contributed by atoms with E-state index in [1.807, 2.05) is 6.07 Å². The molecule has 1 aliphatic heterocycles. The maximum Gasteiger partial charge on any atom is 0.184 e. The summed E-state index contributed by atoms with van der Waals surface area (Å²) >= 11 is 1.74. The molecule has 1 unspecified atom stereocenters. The van der Waals surface area contributed by atoms with Crippen LogP contribution in [0.1, 0.15) is 6.42 Å². The first-order chi connectivity index (χ1) is 7.81. The van der Waals surface area contributed by atoms with Gasteiger partial charge in [-0.2, -0.15) is 0 Å². The van der Waals surface area contributed by atoms with Crippen LogP contribution in [0.25, 0.3) is 10.2 Å². The van der Waals surface area contributed by atoms with Crippen LogP contribution in [0.5, 0.6) is 0 Å². The molecule has 0 radical (unpaired) electrons. The summed E-state index contributed by atoms with van der Waals surface area (Å²) in [6.07, 6.45) is 1.21. The molecule has 2 heterocycles. The van der Waals surface area contributed by atoms with Crippen LogP contribution in [-0.4, -0.2) is 36.1 Å². The number of para-hydroxylation sites is 1. The van der Waals surface area contributed by atoms with E-state index in [1.54, 1.807) is 11.3 Å². The van der Waals surface area contributed by atoms with Crippen molar-refractivity contribution < 1.29 is 0 Å². The van der Waals surface area contributed by atoms with Gasteiger partial charge in [-0.15, -0.1) is 0 Å². The number of likely N-dealkylation sites (tertiary alicyclic amines) is 1. The van der Waals surface area contributed by atoms with Crippen LogP contribution in [-0.2, 0) is 0 Å². The molecular formula is C12H15N3S. The molecular weight excluding hydrogens is 218 g/mol. The highest BCUT2D eigenvalue weighted by Gasteiger charge is 2.19. The van der Waals surface area contributed by atoms with Gasteiger partial charge in [0.15, 0.2) is 5.13 Å². The Morgan fingerprint density at radius 3 is 3.06 bits per heavy atom. The van der Waals surface area contributed by atoms with Crippen molar-refractivity contribution in [3.63, 3.8) is 0 Å². The van der Waals surface area contributed by atoms with Crippen molar-refractivity contribution >= 4 is 26.7 Å². The molecule has 1 atom stereocenters. The molecule has 84 valence electrons. The predicted octanol–water partition coefficient (Wildman–Crippen LogP) is 2.41. The fourth-order valence-corrected chi connectivity index (χ4v) is 3.10. The number of fused-ring (bicyclic) bond motifs is 1. The highest BCUT2D eigenvalue weighted by atomic mass is 32.1. The van der Waals surface area contributed by atoms with E-state index in [2.05, 4.69) is 40.4 Å². The number of anilines is 1. The quantitative estimate of drug-likeness (QED) is 0.863. The number of hydrogen-bond donors (Lipinski definition) is 1. The van der Waals surface area contributed by atoms with Crippen molar-refractivity contribution in [2.45, 2.75) is 12.5 Å². The summed E-state index contributed by atoms with van der Waals surface area (Å²) in [6.45, 7) is 2.30. The van der Waals surface area contributed by atoms with Gasteiger partial charge in [0.1, 0.15) is 0 Å². The summed E-state index contributed by atoms with van der Waals surface area (Å²) < 4.78 is 1.26. The smallest absolute Gasteiger partial charge is 0.184 e. The van der Waals surface area contributed by atoms with Crippen molar-refractivity contribution in [2.24, 2.45) is 0 Å². The Morgan fingerprint density at radius 2 is 2.31 bits per heavy atom. The van der Waals surface area contributed by atoms with Crippen LogP contribution in [0.4, 0.5) is 5.13 Å². The molecule has 4 heteroatoms. The summed E-state index contributed by atoms with van der Waals surface area (Å²) in [4.78, 5) is 6.94. The maximum absolute atomic E-state index is 4.59. The summed E-state index contributed by atoms with van der Waals surface area (Å²) in [5.41, 5.74) is 1.10. The second-order valence-corrected chi connectivity index (χ2v) is 5.41. The van der Waals surface area contributed by atoms with Crippen LogP contribution < -0.4 is 5.32 Å². The Hall–Kier alpha value is -1.13. The van der Waals surface area contributed by atoms with E-state index in [0.29, 0.717) is 6.04 Å². The number of hydrogen-bond acceptors (Lipinski definition) is 4. The molecule has 1 aromatic carbocycles. The Bertz CT molecular complexity index is 461.